The highest BCUT2D eigenvalue weighted by Crippen LogP contribution is 2.58. The van der Waals surface area contributed by atoms with Crippen LogP contribution >= 0.6 is 15.2 Å². The third kappa shape index (κ3) is 7.64. The zero-order valence-corrected chi connectivity index (χ0v) is 12.5. The summed E-state index contributed by atoms with van der Waals surface area (Å²) in [7, 11) is -9.74. The van der Waals surface area contributed by atoms with Crippen molar-refractivity contribution in [3.8, 4) is 0 Å². The number of hydrogen-bond acceptors (Lipinski definition) is 3. The van der Waals surface area contributed by atoms with Crippen LogP contribution in [0.5, 0.6) is 0 Å². The molecule has 0 aliphatic heterocycles. The summed E-state index contributed by atoms with van der Waals surface area (Å²) in [5, 5.41) is 2.35. The number of unbranched alkanes of at least 4 members (excludes halogenated alkanes) is 3. The lowest BCUT2D eigenvalue weighted by Gasteiger charge is -2.24. The Morgan fingerprint density at radius 3 is 1.89 bits per heavy atom. The molecule has 0 saturated carbocycles. The molecule has 0 bridgehead atoms. The highest BCUT2D eigenvalue weighted by Gasteiger charge is 2.43. The Bertz CT molecular complexity index is 303. The highest BCUT2D eigenvalue weighted by molar-refractivity contribution is 7.70. The van der Waals surface area contributed by atoms with Gasteiger partial charge in [-0.25, -0.2) is 0 Å². The fourth-order valence-electron chi connectivity index (χ4n) is 1.61. The quantitative estimate of drug-likeness (QED) is 0.323. The summed E-state index contributed by atoms with van der Waals surface area (Å²) in [6.07, 6.45) is 4.63. The number of nitrogens with one attached hydrogen (secondary N) is 1. The minimum absolute atomic E-state index is 0.355. The summed E-state index contributed by atoms with van der Waals surface area (Å²) in [6, 6.07) is -0.355. The molecule has 0 aromatic rings. The molecular formula is C9H23NO6P2. The molecular weight excluding hydrogens is 280 g/mol. The average Bonchev–Trinajstić information content (AvgIpc) is 2.18. The molecule has 5 N–H and O–H groups in total. The van der Waals surface area contributed by atoms with Crippen molar-refractivity contribution in [2.45, 2.75) is 57.5 Å². The molecule has 0 spiro atoms. The van der Waals surface area contributed by atoms with Gasteiger partial charge in [-0.05, 0) is 13.3 Å². The molecule has 0 radical (unpaired) electrons. The van der Waals surface area contributed by atoms with Crippen molar-refractivity contribution in [2.75, 3.05) is 0 Å². The molecule has 18 heavy (non-hydrogen) atoms. The third-order valence-electron chi connectivity index (χ3n) is 2.56. The SMILES string of the molecule is CCCCCCC(C)NC(P(=O)(O)O)P(=O)(O)O. The molecule has 0 aliphatic carbocycles. The first-order chi connectivity index (χ1) is 8.09. The minimum Gasteiger partial charge on any atom is -0.323 e. The molecule has 0 saturated heterocycles. The maximum absolute atomic E-state index is 11.0. The molecule has 0 amide bonds. The van der Waals surface area contributed by atoms with E-state index in [1.54, 1.807) is 6.92 Å². The van der Waals surface area contributed by atoms with E-state index in [-0.39, 0.29) is 6.04 Å². The predicted octanol–water partition coefficient (Wildman–Crippen LogP) is 1.57. The van der Waals surface area contributed by atoms with Gasteiger partial charge in [0.1, 0.15) is 0 Å². The monoisotopic (exact) mass is 303 g/mol. The molecule has 0 aliphatic rings. The first-order valence-electron chi connectivity index (χ1n) is 5.95. The van der Waals surface area contributed by atoms with Gasteiger partial charge in [0, 0.05) is 6.04 Å². The van der Waals surface area contributed by atoms with Crippen LogP contribution in [0.15, 0.2) is 0 Å². The maximum atomic E-state index is 11.0. The molecule has 1 unspecified atom stereocenters. The van der Waals surface area contributed by atoms with Gasteiger partial charge >= 0.3 is 15.2 Å². The second kappa shape index (κ2) is 7.75. The lowest BCUT2D eigenvalue weighted by molar-refractivity contribution is 0.318. The van der Waals surface area contributed by atoms with Gasteiger partial charge in [-0.15, -0.1) is 0 Å². The van der Waals surface area contributed by atoms with Crippen LogP contribution in [-0.4, -0.2) is 31.1 Å². The van der Waals surface area contributed by atoms with E-state index < -0.39 is 20.7 Å². The second-order valence-corrected chi connectivity index (χ2v) is 8.27. The molecule has 0 aromatic heterocycles. The third-order valence-corrected chi connectivity index (χ3v) is 5.94. The van der Waals surface area contributed by atoms with Crippen molar-refractivity contribution in [3.05, 3.63) is 0 Å². The summed E-state index contributed by atoms with van der Waals surface area (Å²) in [5.74, 6) is 0. The summed E-state index contributed by atoms with van der Waals surface area (Å²) in [5.41, 5.74) is -2.11. The number of hydrogen-bond donors (Lipinski definition) is 5. The van der Waals surface area contributed by atoms with Crippen molar-refractivity contribution in [1.29, 1.82) is 0 Å². The maximum Gasteiger partial charge on any atom is 0.354 e. The predicted molar refractivity (Wildman–Crippen MR) is 69.2 cm³/mol. The number of rotatable bonds is 9. The Labute approximate surface area is 107 Å². The molecule has 1 atom stereocenters. The van der Waals surface area contributed by atoms with E-state index >= 15 is 0 Å². The first-order valence-corrected chi connectivity index (χ1v) is 9.31. The lowest BCUT2D eigenvalue weighted by atomic mass is 10.1. The minimum atomic E-state index is -4.87. The van der Waals surface area contributed by atoms with Gasteiger partial charge in [0.05, 0.1) is 0 Å². The van der Waals surface area contributed by atoms with Gasteiger partial charge in [-0.3, -0.25) is 14.4 Å². The first kappa shape index (κ1) is 18.3. The standard InChI is InChI=1S/C9H23NO6P2/c1-3-4-5-6-7-8(2)10-9(17(11,12)13)18(14,15)16/h8-10H,3-7H2,1-2H3,(H2,11,12,13)(H2,14,15,16). The topological polar surface area (TPSA) is 127 Å². The molecule has 7 nitrogen and oxygen atoms in total. The van der Waals surface area contributed by atoms with Crippen molar-refractivity contribution in [1.82, 2.24) is 5.32 Å². The summed E-state index contributed by atoms with van der Waals surface area (Å²) in [6.45, 7) is 3.73. The Kier molecular flexibility index (Phi) is 7.87. The summed E-state index contributed by atoms with van der Waals surface area (Å²) in [4.78, 5) is 35.7. The van der Waals surface area contributed by atoms with E-state index in [4.69, 9.17) is 19.6 Å². The molecule has 0 aromatic carbocycles. The molecule has 0 heterocycles. The van der Waals surface area contributed by atoms with E-state index in [0.29, 0.717) is 6.42 Å². The average molecular weight is 303 g/mol. The van der Waals surface area contributed by atoms with E-state index in [0.717, 1.165) is 25.7 Å². The zero-order valence-electron chi connectivity index (χ0n) is 10.7. The van der Waals surface area contributed by atoms with Gasteiger partial charge in [-0.1, -0.05) is 32.6 Å². The van der Waals surface area contributed by atoms with Crippen LogP contribution in [0.3, 0.4) is 0 Å². The summed E-state index contributed by atoms with van der Waals surface area (Å²) < 4.78 is 22.1. The van der Waals surface area contributed by atoms with Gasteiger partial charge in [-0.2, -0.15) is 0 Å². The normalized spacial score (nSPS) is 15.1. The van der Waals surface area contributed by atoms with E-state index in [9.17, 15) is 9.13 Å². The molecule has 0 fully saturated rings. The van der Waals surface area contributed by atoms with E-state index in [2.05, 4.69) is 12.2 Å². The van der Waals surface area contributed by atoms with Crippen molar-refractivity contribution >= 4 is 15.2 Å². The van der Waals surface area contributed by atoms with Crippen molar-refractivity contribution in [2.24, 2.45) is 0 Å². The van der Waals surface area contributed by atoms with Crippen LogP contribution in [0.4, 0.5) is 0 Å². The van der Waals surface area contributed by atoms with Crippen molar-refractivity contribution < 1.29 is 28.7 Å². The van der Waals surface area contributed by atoms with Gasteiger partial charge in [0.25, 0.3) is 0 Å². The van der Waals surface area contributed by atoms with Crippen LogP contribution in [0.25, 0.3) is 0 Å². The van der Waals surface area contributed by atoms with Crippen molar-refractivity contribution in [3.63, 3.8) is 0 Å². The van der Waals surface area contributed by atoms with Crippen LogP contribution in [-0.2, 0) is 9.13 Å². The molecule has 9 heteroatoms. The van der Waals surface area contributed by atoms with E-state index in [1.807, 2.05) is 0 Å². The van der Waals surface area contributed by atoms with Crippen LogP contribution in [0.2, 0.25) is 0 Å². The summed E-state index contributed by atoms with van der Waals surface area (Å²) >= 11 is 0. The van der Waals surface area contributed by atoms with Gasteiger partial charge in [0.2, 0.25) is 5.52 Å². The zero-order chi connectivity index (χ0) is 14.4. The Morgan fingerprint density at radius 2 is 1.50 bits per heavy atom. The largest absolute Gasteiger partial charge is 0.354 e. The fourth-order valence-corrected chi connectivity index (χ4v) is 4.07. The fraction of sp³-hybridized carbons (Fsp3) is 1.00. The smallest absolute Gasteiger partial charge is 0.323 e. The second-order valence-electron chi connectivity index (χ2n) is 4.47. The highest BCUT2D eigenvalue weighted by atomic mass is 31.2. The Balaban J connectivity index is 4.35. The van der Waals surface area contributed by atoms with E-state index in [1.165, 1.54) is 0 Å². The van der Waals surface area contributed by atoms with Crippen LogP contribution in [0.1, 0.15) is 46.0 Å². The van der Waals surface area contributed by atoms with Gasteiger partial charge < -0.3 is 19.6 Å². The lowest BCUT2D eigenvalue weighted by Crippen LogP contribution is -2.36. The van der Waals surface area contributed by atoms with Gasteiger partial charge in [0.15, 0.2) is 0 Å². The molecule has 0 rings (SSSR count). The molecule has 110 valence electrons. The van der Waals surface area contributed by atoms with Crippen LogP contribution < -0.4 is 5.32 Å². The Morgan fingerprint density at radius 1 is 1.00 bits per heavy atom. The Hall–Kier alpha value is 0.260. The van der Waals surface area contributed by atoms with Crippen LogP contribution in [0, 0.1) is 0 Å².